The minimum Gasteiger partial charge on any atom is -0.491 e. The third-order valence-electron chi connectivity index (χ3n) is 7.93. The number of nitrogens with zero attached hydrogens (tertiary/aromatic N) is 4. The number of anilines is 1. The van der Waals surface area contributed by atoms with Crippen LogP contribution in [0.15, 0.2) is 28.8 Å². The van der Waals surface area contributed by atoms with E-state index in [9.17, 15) is 5.11 Å². The van der Waals surface area contributed by atoms with Crippen molar-refractivity contribution in [2.45, 2.75) is 51.7 Å². The van der Waals surface area contributed by atoms with Crippen molar-refractivity contribution >= 4 is 5.82 Å². The molecule has 210 valence electrons. The first-order valence-electron chi connectivity index (χ1n) is 13.8. The summed E-state index contributed by atoms with van der Waals surface area (Å²) in [5, 5.41) is 20.9. The monoisotopic (exact) mass is 536 g/mol. The molecule has 2 aliphatic heterocycles. The lowest BCUT2D eigenvalue weighted by Crippen LogP contribution is -2.61. The molecule has 0 saturated carbocycles. The summed E-state index contributed by atoms with van der Waals surface area (Å²) in [5.41, 5.74) is 4.35. The summed E-state index contributed by atoms with van der Waals surface area (Å²) in [5.74, 6) is 2.77. The maximum Gasteiger partial charge on any atom is 0.162 e. The second kappa shape index (κ2) is 12.0. The second-order valence-corrected chi connectivity index (χ2v) is 10.6. The van der Waals surface area contributed by atoms with Crippen molar-refractivity contribution in [1.82, 2.24) is 25.3 Å². The predicted molar refractivity (Wildman–Crippen MR) is 150 cm³/mol. The van der Waals surface area contributed by atoms with Crippen molar-refractivity contribution in [1.29, 1.82) is 0 Å². The summed E-state index contributed by atoms with van der Waals surface area (Å²) in [4.78, 5) is 12.6. The van der Waals surface area contributed by atoms with Crippen molar-refractivity contribution in [2.75, 3.05) is 58.4 Å². The fourth-order valence-corrected chi connectivity index (χ4v) is 5.49. The Kier molecular flexibility index (Phi) is 8.46. The number of rotatable bonds is 11. The zero-order chi connectivity index (χ0) is 27.4. The van der Waals surface area contributed by atoms with Crippen LogP contribution in [-0.2, 0) is 4.74 Å². The van der Waals surface area contributed by atoms with Crippen LogP contribution in [0.5, 0.6) is 5.75 Å². The molecular formula is C29H40N6O4. The lowest BCUT2D eigenvalue weighted by atomic mass is 9.85. The van der Waals surface area contributed by atoms with Gasteiger partial charge in [0, 0.05) is 43.0 Å². The van der Waals surface area contributed by atoms with Gasteiger partial charge in [-0.15, -0.1) is 0 Å². The van der Waals surface area contributed by atoms with Crippen molar-refractivity contribution < 1.29 is 19.1 Å². The Bertz CT molecular complexity index is 1250. The van der Waals surface area contributed by atoms with Crippen molar-refractivity contribution in [2.24, 2.45) is 0 Å². The molecule has 2 aromatic heterocycles. The number of hydrogen-bond acceptors (Lipinski definition) is 10. The molecule has 1 atom stereocenters. The summed E-state index contributed by atoms with van der Waals surface area (Å²) >= 11 is 0. The van der Waals surface area contributed by atoms with Gasteiger partial charge in [0.2, 0.25) is 0 Å². The number of aryl methyl sites for hydroxylation is 2. The molecule has 2 aliphatic rings. The van der Waals surface area contributed by atoms with Crippen LogP contribution in [0, 0.1) is 20.8 Å². The first kappa shape index (κ1) is 27.5. The standard InChI is InChI=1S/C29H40N6O4/c1-19-26(25-20(2)34-39-21(25)3)32-28(22-7-5-8-24(15-22)38-17-23(36)16-30-4)33-27(19)31-18-29(35-11-6-12-35)9-13-37-14-10-29/h5,7-8,15,23,30,36H,6,9-14,16-18H2,1-4H3,(H,31,32,33). The number of aliphatic hydroxyl groups is 1. The molecule has 10 nitrogen and oxygen atoms in total. The first-order chi connectivity index (χ1) is 18.9. The molecule has 0 amide bonds. The number of aliphatic hydroxyl groups excluding tert-OH is 1. The van der Waals surface area contributed by atoms with Gasteiger partial charge in [-0.05, 0) is 72.3 Å². The van der Waals surface area contributed by atoms with Gasteiger partial charge in [0.1, 0.15) is 30.0 Å². The lowest BCUT2D eigenvalue weighted by molar-refractivity contribution is -0.0482. The van der Waals surface area contributed by atoms with E-state index >= 15 is 0 Å². The summed E-state index contributed by atoms with van der Waals surface area (Å²) in [6, 6.07) is 7.68. The quantitative estimate of drug-likeness (QED) is 0.337. The number of hydrogen-bond donors (Lipinski definition) is 3. The zero-order valence-electron chi connectivity index (χ0n) is 23.4. The fourth-order valence-electron chi connectivity index (χ4n) is 5.49. The fraction of sp³-hybridized carbons (Fsp3) is 0.552. The molecule has 0 radical (unpaired) electrons. The number of benzene rings is 1. The maximum absolute atomic E-state index is 10.1. The Morgan fingerprint density at radius 3 is 2.62 bits per heavy atom. The number of nitrogens with one attached hydrogen (secondary N) is 2. The Morgan fingerprint density at radius 2 is 1.95 bits per heavy atom. The van der Waals surface area contributed by atoms with Gasteiger partial charge in [-0.3, -0.25) is 4.90 Å². The molecule has 0 spiro atoms. The molecule has 39 heavy (non-hydrogen) atoms. The number of aromatic nitrogens is 3. The highest BCUT2D eigenvalue weighted by molar-refractivity contribution is 5.74. The van der Waals surface area contributed by atoms with Crippen LogP contribution in [0.3, 0.4) is 0 Å². The van der Waals surface area contributed by atoms with E-state index in [0.29, 0.717) is 18.1 Å². The van der Waals surface area contributed by atoms with E-state index in [1.54, 1.807) is 7.05 Å². The van der Waals surface area contributed by atoms with Gasteiger partial charge in [-0.25, -0.2) is 9.97 Å². The topological polar surface area (TPSA) is 118 Å². The van der Waals surface area contributed by atoms with Crippen LogP contribution in [0.25, 0.3) is 22.6 Å². The van der Waals surface area contributed by atoms with E-state index in [1.165, 1.54) is 6.42 Å². The van der Waals surface area contributed by atoms with E-state index in [0.717, 1.165) is 85.3 Å². The van der Waals surface area contributed by atoms with E-state index in [4.69, 9.17) is 24.0 Å². The summed E-state index contributed by atoms with van der Waals surface area (Å²) in [6.45, 7) is 11.2. The zero-order valence-corrected chi connectivity index (χ0v) is 23.4. The Morgan fingerprint density at radius 1 is 1.15 bits per heavy atom. The molecule has 0 bridgehead atoms. The molecule has 3 N–H and O–H groups in total. The van der Waals surface area contributed by atoms with Crippen LogP contribution in [-0.4, -0.2) is 89.8 Å². The number of likely N-dealkylation sites (tertiary alicyclic amines) is 1. The summed E-state index contributed by atoms with van der Waals surface area (Å²) < 4.78 is 17.1. The van der Waals surface area contributed by atoms with Crippen LogP contribution in [0.2, 0.25) is 0 Å². The lowest BCUT2D eigenvalue weighted by Gasteiger charge is -2.51. The average molecular weight is 537 g/mol. The normalized spacial score (nSPS) is 18.0. The Balaban J connectivity index is 1.49. The van der Waals surface area contributed by atoms with Crippen molar-refractivity contribution in [3.05, 3.63) is 41.3 Å². The number of likely N-dealkylation sites (N-methyl/N-ethyl adjacent to an activating group) is 1. The molecule has 1 aromatic carbocycles. The molecule has 5 rings (SSSR count). The van der Waals surface area contributed by atoms with Crippen LogP contribution < -0.4 is 15.4 Å². The van der Waals surface area contributed by atoms with Gasteiger partial charge in [-0.2, -0.15) is 0 Å². The molecular weight excluding hydrogens is 496 g/mol. The van der Waals surface area contributed by atoms with E-state index in [-0.39, 0.29) is 12.1 Å². The van der Waals surface area contributed by atoms with E-state index in [2.05, 4.69) is 27.6 Å². The van der Waals surface area contributed by atoms with Gasteiger partial charge in [0.05, 0.1) is 17.0 Å². The molecule has 10 heteroatoms. The minimum absolute atomic E-state index is 0.0686. The van der Waals surface area contributed by atoms with Crippen molar-refractivity contribution in [3.63, 3.8) is 0 Å². The van der Waals surface area contributed by atoms with E-state index < -0.39 is 6.10 Å². The smallest absolute Gasteiger partial charge is 0.162 e. The molecule has 3 aromatic rings. The maximum atomic E-state index is 10.1. The van der Waals surface area contributed by atoms with E-state index in [1.807, 2.05) is 38.1 Å². The van der Waals surface area contributed by atoms with Crippen LogP contribution in [0.4, 0.5) is 5.82 Å². The number of ether oxygens (including phenoxy) is 2. The largest absolute Gasteiger partial charge is 0.491 e. The average Bonchev–Trinajstić information content (AvgIpc) is 3.24. The van der Waals surface area contributed by atoms with Crippen LogP contribution >= 0.6 is 0 Å². The minimum atomic E-state index is -0.597. The second-order valence-electron chi connectivity index (χ2n) is 10.6. The third-order valence-corrected chi connectivity index (χ3v) is 7.93. The third kappa shape index (κ3) is 5.94. The molecule has 2 fully saturated rings. The van der Waals surface area contributed by atoms with Gasteiger partial charge in [0.15, 0.2) is 5.82 Å². The SMILES string of the molecule is CNCC(O)COc1cccc(-c2nc(NCC3(N4CCC4)CCOCC3)c(C)c(-c3c(C)noc3C)n2)c1. The van der Waals surface area contributed by atoms with Gasteiger partial charge >= 0.3 is 0 Å². The molecule has 0 aliphatic carbocycles. The summed E-state index contributed by atoms with van der Waals surface area (Å²) in [6.07, 6.45) is 2.67. The highest BCUT2D eigenvalue weighted by atomic mass is 16.5. The van der Waals surface area contributed by atoms with Crippen LogP contribution in [0.1, 0.15) is 36.3 Å². The van der Waals surface area contributed by atoms with Gasteiger partial charge in [-0.1, -0.05) is 17.3 Å². The molecule has 1 unspecified atom stereocenters. The molecule has 2 saturated heterocycles. The Hall–Kier alpha value is -3.05. The summed E-state index contributed by atoms with van der Waals surface area (Å²) in [7, 11) is 1.80. The highest BCUT2D eigenvalue weighted by Gasteiger charge is 2.41. The van der Waals surface area contributed by atoms with Crippen molar-refractivity contribution in [3.8, 4) is 28.4 Å². The Labute approximate surface area is 230 Å². The predicted octanol–water partition coefficient (Wildman–Crippen LogP) is 3.35. The molecule has 4 heterocycles. The first-order valence-corrected chi connectivity index (χ1v) is 13.8. The van der Waals surface area contributed by atoms with Gasteiger partial charge < -0.3 is 29.7 Å². The van der Waals surface area contributed by atoms with Gasteiger partial charge in [0.25, 0.3) is 0 Å². The highest BCUT2D eigenvalue weighted by Crippen LogP contribution is 2.36.